The van der Waals surface area contributed by atoms with Crippen molar-refractivity contribution >= 4 is 38.2 Å². The van der Waals surface area contributed by atoms with Crippen molar-refractivity contribution in [1.82, 2.24) is 4.98 Å². The Kier molecular flexibility index (Phi) is 4.46. The van der Waals surface area contributed by atoms with Gasteiger partial charge in [-0.1, -0.05) is 11.6 Å². The van der Waals surface area contributed by atoms with Gasteiger partial charge in [0.1, 0.15) is 10.9 Å². The third kappa shape index (κ3) is 3.45. The topological polar surface area (TPSA) is 85.5 Å². The van der Waals surface area contributed by atoms with Crippen molar-refractivity contribution in [3.8, 4) is 5.75 Å². The van der Waals surface area contributed by atoms with Crippen LogP contribution in [0.5, 0.6) is 5.75 Å². The molecule has 140 valence electrons. The Balaban J connectivity index is 1.65. The number of nitrogens with zero attached hydrogens (tertiary/aromatic N) is 2. The van der Waals surface area contributed by atoms with Crippen molar-refractivity contribution in [2.45, 2.75) is 17.9 Å². The molecule has 2 aromatic carbocycles. The van der Waals surface area contributed by atoms with E-state index in [2.05, 4.69) is 9.88 Å². The van der Waals surface area contributed by atoms with E-state index in [1.54, 1.807) is 25.3 Å². The van der Waals surface area contributed by atoms with Crippen LogP contribution in [0.25, 0.3) is 10.9 Å². The molecule has 0 saturated heterocycles. The summed E-state index contributed by atoms with van der Waals surface area (Å²) in [6, 6.07) is 12.7. The van der Waals surface area contributed by atoms with Crippen LogP contribution in [0.1, 0.15) is 11.1 Å². The number of primary sulfonamides is 1. The molecule has 3 aromatic rings. The van der Waals surface area contributed by atoms with E-state index in [4.69, 9.17) is 21.5 Å². The summed E-state index contributed by atoms with van der Waals surface area (Å²) in [6.07, 6.45) is 0.758. The van der Waals surface area contributed by atoms with E-state index in [-0.39, 0.29) is 4.90 Å². The number of nitrogens with two attached hydrogens (primary N) is 1. The van der Waals surface area contributed by atoms with Crippen LogP contribution in [0, 0.1) is 0 Å². The molecule has 0 radical (unpaired) electrons. The van der Waals surface area contributed by atoms with Crippen LogP contribution in [0.15, 0.2) is 47.4 Å². The zero-order valence-electron chi connectivity index (χ0n) is 14.6. The highest BCUT2D eigenvalue weighted by atomic mass is 35.5. The molecule has 2 N–H and O–H groups in total. The molecule has 0 aliphatic carbocycles. The lowest BCUT2D eigenvalue weighted by Crippen LogP contribution is -2.20. The molecule has 0 fully saturated rings. The molecule has 0 saturated carbocycles. The van der Waals surface area contributed by atoms with Gasteiger partial charge >= 0.3 is 0 Å². The summed E-state index contributed by atoms with van der Waals surface area (Å²) in [5.74, 6) is 0.734. The molecule has 4 rings (SSSR count). The van der Waals surface area contributed by atoms with Gasteiger partial charge < -0.3 is 9.64 Å². The number of sulfonamides is 1. The second kappa shape index (κ2) is 6.67. The van der Waals surface area contributed by atoms with Gasteiger partial charge in [-0.05, 0) is 48.4 Å². The number of fused-ring (bicyclic) bond motifs is 2. The summed E-state index contributed by atoms with van der Waals surface area (Å²) in [5.41, 5.74) is 3.66. The summed E-state index contributed by atoms with van der Waals surface area (Å²) in [6.45, 7) is 1.37. The maximum absolute atomic E-state index is 11.5. The largest absolute Gasteiger partial charge is 0.497 e. The van der Waals surface area contributed by atoms with E-state index in [1.165, 1.54) is 0 Å². The molecule has 27 heavy (non-hydrogen) atoms. The van der Waals surface area contributed by atoms with Crippen LogP contribution in [0.3, 0.4) is 0 Å². The lowest BCUT2D eigenvalue weighted by molar-refractivity contribution is 0.415. The smallest absolute Gasteiger partial charge is 0.238 e. The number of pyridine rings is 1. The van der Waals surface area contributed by atoms with Gasteiger partial charge in [-0.2, -0.15) is 0 Å². The molecule has 1 aromatic heterocycles. The fourth-order valence-corrected chi connectivity index (χ4v) is 4.17. The third-order valence-corrected chi connectivity index (χ3v) is 6.02. The van der Waals surface area contributed by atoms with Gasteiger partial charge in [0.2, 0.25) is 10.0 Å². The zero-order chi connectivity index (χ0) is 19.2. The van der Waals surface area contributed by atoms with Crippen LogP contribution in [-0.2, 0) is 23.0 Å². The van der Waals surface area contributed by atoms with E-state index in [0.29, 0.717) is 11.7 Å². The predicted molar refractivity (Wildman–Crippen MR) is 106 cm³/mol. The van der Waals surface area contributed by atoms with Crippen LogP contribution in [0.4, 0.5) is 5.69 Å². The second-order valence-corrected chi connectivity index (χ2v) is 8.42. The molecule has 8 heteroatoms. The van der Waals surface area contributed by atoms with E-state index in [0.717, 1.165) is 46.4 Å². The summed E-state index contributed by atoms with van der Waals surface area (Å²) >= 11 is 6.41. The van der Waals surface area contributed by atoms with Crippen molar-refractivity contribution in [2.75, 3.05) is 18.6 Å². The normalized spacial score (nSPS) is 13.8. The van der Waals surface area contributed by atoms with E-state index < -0.39 is 10.0 Å². The van der Waals surface area contributed by atoms with Gasteiger partial charge in [0.25, 0.3) is 0 Å². The summed E-state index contributed by atoms with van der Waals surface area (Å²) in [5, 5.41) is 6.66. The van der Waals surface area contributed by atoms with Crippen LogP contribution in [0.2, 0.25) is 5.15 Å². The van der Waals surface area contributed by atoms with E-state index in [9.17, 15) is 8.42 Å². The highest BCUT2D eigenvalue weighted by Gasteiger charge is 2.22. The number of hydrogen-bond donors (Lipinski definition) is 1. The lowest BCUT2D eigenvalue weighted by atomic mass is 10.1. The second-order valence-electron chi connectivity index (χ2n) is 6.50. The first-order valence-electron chi connectivity index (χ1n) is 8.39. The highest BCUT2D eigenvalue weighted by molar-refractivity contribution is 7.89. The molecule has 1 aliphatic rings. The van der Waals surface area contributed by atoms with Crippen LogP contribution in [-0.4, -0.2) is 27.1 Å². The van der Waals surface area contributed by atoms with Crippen molar-refractivity contribution in [2.24, 2.45) is 5.14 Å². The number of rotatable bonds is 4. The van der Waals surface area contributed by atoms with Gasteiger partial charge in [0.15, 0.2) is 0 Å². The quantitative estimate of drug-likeness (QED) is 0.676. The molecule has 0 atom stereocenters. The number of methoxy groups -OCH3 is 1. The van der Waals surface area contributed by atoms with Gasteiger partial charge in [0.05, 0.1) is 17.5 Å². The predicted octanol–water partition coefficient (Wildman–Crippen LogP) is 3.11. The maximum atomic E-state index is 11.5. The Hall–Kier alpha value is -2.35. The van der Waals surface area contributed by atoms with Crippen molar-refractivity contribution in [3.63, 3.8) is 0 Å². The first kappa shape index (κ1) is 18.0. The number of ether oxygens (including phenoxy) is 1. The Labute approximate surface area is 162 Å². The minimum absolute atomic E-state index is 0.141. The molecular weight excluding hydrogens is 386 g/mol. The number of halogens is 1. The minimum atomic E-state index is -3.70. The monoisotopic (exact) mass is 403 g/mol. The SMILES string of the molecule is COc1ccc2cc(CN3CCc4cc(S(N)(=O)=O)ccc43)c(Cl)nc2c1. The van der Waals surface area contributed by atoms with Crippen LogP contribution >= 0.6 is 11.6 Å². The fourth-order valence-electron chi connectivity index (χ4n) is 3.40. The molecule has 2 heterocycles. The van der Waals surface area contributed by atoms with Gasteiger partial charge in [0, 0.05) is 35.8 Å². The van der Waals surface area contributed by atoms with Crippen molar-refractivity contribution in [1.29, 1.82) is 0 Å². The standard InChI is InChI=1S/C19H18ClN3O3S/c1-26-15-3-2-12-8-14(19(20)22-17(12)10-15)11-23-7-6-13-9-16(27(21,24)25)4-5-18(13)23/h2-5,8-10H,6-7,11H2,1H3,(H2,21,24,25). The van der Waals surface area contributed by atoms with Crippen molar-refractivity contribution < 1.29 is 13.2 Å². The Morgan fingerprint density at radius 3 is 2.78 bits per heavy atom. The van der Waals surface area contributed by atoms with E-state index >= 15 is 0 Å². The Morgan fingerprint density at radius 2 is 2.04 bits per heavy atom. The van der Waals surface area contributed by atoms with Crippen molar-refractivity contribution in [3.05, 3.63) is 58.7 Å². The molecule has 0 unspecified atom stereocenters. The highest BCUT2D eigenvalue weighted by Crippen LogP contribution is 2.33. The Bertz CT molecular complexity index is 1150. The number of hydrogen-bond acceptors (Lipinski definition) is 5. The number of anilines is 1. The molecule has 6 nitrogen and oxygen atoms in total. The number of benzene rings is 2. The minimum Gasteiger partial charge on any atom is -0.497 e. The first-order chi connectivity index (χ1) is 12.8. The average Bonchev–Trinajstić information content (AvgIpc) is 3.03. The van der Waals surface area contributed by atoms with Gasteiger partial charge in [-0.15, -0.1) is 0 Å². The molecule has 0 spiro atoms. The first-order valence-corrected chi connectivity index (χ1v) is 10.3. The van der Waals surface area contributed by atoms with E-state index in [1.807, 2.05) is 24.3 Å². The molecule has 1 aliphatic heterocycles. The third-order valence-electron chi connectivity index (χ3n) is 4.78. The summed E-state index contributed by atoms with van der Waals surface area (Å²) < 4.78 is 28.3. The molecular formula is C19H18ClN3O3S. The molecule has 0 bridgehead atoms. The Morgan fingerprint density at radius 1 is 1.22 bits per heavy atom. The van der Waals surface area contributed by atoms with Gasteiger partial charge in [-0.3, -0.25) is 0 Å². The molecule has 0 amide bonds. The average molecular weight is 404 g/mol. The van der Waals surface area contributed by atoms with Gasteiger partial charge in [-0.25, -0.2) is 18.5 Å². The number of aromatic nitrogens is 1. The fraction of sp³-hybridized carbons (Fsp3) is 0.211. The van der Waals surface area contributed by atoms with Crippen LogP contribution < -0.4 is 14.8 Å². The summed E-state index contributed by atoms with van der Waals surface area (Å²) in [4.78, 5) is 6.80. The zero-order valence-corrected chi connectivity index (χ0v) is 16.2. The lowest BCUT2D eigenvalue weighted by Gasteiger charge is -2.20. The maximum Gasteiger partial charge on any atom is 0.238 e. The summed E-state index contributed by atoms with van der Waals surface area (Å²) in [7, 11) is -2.08.